The second-order valence-corrected chi connectivity index (χ2v) is 16.4. The summed E-state index contributed by atoms with van der Waals surface area (Å²) in [5, 5.41) is 13.4. The number of carbonyl (C=O) groups is 2. The second-order valence-electron chi connectivity index (χ2n) is 12.1. The highest BCUT2D eigenvalue weighted by molar-refractivity contribution is 6.99. The third kappa shape index (κ3) is 6.06. The van der Waals surface area contributed by atoms with Crippen LogP contribution in [-0.4, -0.2) is 55.8 Å². The molecule has 2 N–H and O–H groups in total. The minimum atomic E-state index is -2.93. The van der Waals surface area contributed by atoms with Gasteiger partial charge < -0.3 is 24.0 Å². The number of allylic oxidation sites excluding steroid dienone is 1. The lowest BCUT2D eigenvalue weighted by Crippen LogP contribution is -2.67. The fourth-order valence-corrected chi connectivity index (χ4v) is 10.2. The lowest BCUT2D eigenvalue weighted by Gasteiger charge is -2.44. The molecule has 0 spiro atoms. The van der Waals surface area contributed by atoms with Crippen LogP contribution in [0.1, 0.15) is 50.8 Å². The van der Waals surface area contributed by atoms with Crippen LogP contribution >= 0.6 is 0 Å². The molecule has 3 atom stereocenters. The van der Waals surface area contributed by atoms with Crippen molar-refractivity contribution in [1.82, 2.24) is 4.98 Å². The zero-order valence-electron chi connectivity index (χ0n) is 25.1. The van der Waals surface area contributed by atoms with Crippen LogP contribution in [0.4, 0.5) is 0 Å². The van der Waals surface area contributed by atoms with Gasteiger partial charge in [-0.3, -0.25) is 4.79 Å². The van der Waals surface area contributed by atoms with Crippen LogP contribution in [0.5, 0.6) is 0 Å². The van der Waals surface area contributed by atoms with Gasteiger partial charge in [0.2, 0.25) is 0 Å². The average Bonchev–Trinajstić information content (AvgIpc) is 3.54. The molecule has 0 radical (unpaired) electrons. The van der Waals surface area contributed by atoms with Crippen LogP contribution in [0.25, 0.3) is 0 Å². The van der Waals surface area contributed by atoms with Gasteiger partial charge in [-0.25, -0.2) is 4.79 Å². The Morgan fingerprint density at radius 2 is 1.67 bits per heavy atom. The van der Waals surface area contributed by atoms with Gasteiger partial charge in [0.1, 0.15) is 29.9 Å². The number of aliphatic hydroxyl groups is 1. The highest BCUT2D eigenvalue weighted by atomic mass is 28.4. The van der Waals surface area contributed by atoms with Crippen molar-refractivity contribution in [3.05, 3.63) is 108 Å². The van der Waals surface area contributed by atoms with E-state index in [1.807, 2.05) is 49.4 Å². The number of aliphatic hydroxyl groups excluding tert-OH is 1. The molecule has 2 aromatic carbocycles. The Morgan fingerprint density at radius 3 is 2.21 bits per heavy atom. The highest BCUT2D eigenvalue weighted by Crippen LogP contribution is 2.42. The summed E-state index contributed by atoms with van der Waals surface area (Å²) in [6.45, 7) is 13.8. The van der Waals surface area contributed by atoms with E-state index in [1.165, 1.54) is 6.08 Å². The number of carbonyl (C=O) groups excluding carboxylic acids is 2. The van der Waals surface area contributed by atoms with Crippen molar-refractivity contribution in [2.75, 3.05) is 13.2 Å². The molecule has 0 saturated carbocycles. The van der Waals surface area contributed by atoms with Crippen molar-refractivity contribution in [3.8, 4) is 0 Å². The van der Waals surface area contributed by atoms with Gasteiger partial charge in [-0.05, 0) is 47.0 Å². The monoisotopic (exact) mass is 587 g/mol. The van der Waals surface area contributed by atoms with Gasteiger partial charge in [-0.15, -0.1) is 0 Å². The number of H-pyrrole nitrogens is 1. The fraction of sp³-hybridized carbons (Fsp3) is 0.353. The molecule has 1 fully saturated rings. The molecule has 0 amide bonds. The standard InChI is InChI=1S/C34H41NO6Si/c1-7-22-39-31(37)28-21-20-25(35-28)19-18-24(2)29-30(36)34(6,32(38)41-29)23-40-42(33(3,4)5,26-14-10-8-11-15-26)27-16-12-9-13-17-27/h7-18,20-21,29-30,35-36H,1,19,22-23H2,2-6H3/b24-18+/t29?,30-,34+/m0/s1. The Bertz CT molecular complexity index is 1390. The van der Waals surface area contributed by atoms with Gasteiger partial charge in [0.15, 0.2) is 0 Å². The number of aromatic amines is 1. The van der Waals surface area contributed by atoms with Crippen LogP contribution < -0.4 is 10.4 Å². The van der Waals surface area contributed by atoms with Gasteiger partial charge in [0, 0.05) is 12.1 Å². The zero-order valence-corrected chi connectivity index (χ0v) is 26.1. The van der Waals surface area contributed by atoms with E-state index >= 15 is 0 Å². The molecule has 1 unspecified atom stereocenters. The van der Waals surface area contributed by atoms with Crippen LogP contribution in [0.2, 0.25) is 5.04 Å². The van der Waals surface area contributed by atoms with Gasteiger partial charge in [0.25, 0.3) is 8.32 Å². The van der Waals surface area contributed by atoms with Crippen molar-refractivity contribution in [3.63, 3.8) is 0 Å². The third-order valence-corrected chi connectivity index (χ3v) is 13.0. The number of hydrogen-bond donors (Lipinski definition) is 2. The Kier molecular flexibility index (Phi) is 9.40. The molecule has 1 aromatic heterocycles. The highest BCUT2D eigenvalue weighted by Gasteiger charge is 2.57. The Morgan fingerprint density at radius 1 is 1.07 bits per heavy atom. The number of benzene rings is 2. The first-order valence-electron chi connectivity index (χ1n) is 14.2. The Labute approximate surface area is 249 Å². The maximum atomic E-state index is 13.4. The summed E-state index contributed by atoms with van der Waals surface area (Å²) in [6.07, 6.45) is 1.94. The van der Waals surface area contributed by atoms with Crippen molar-refractivity contribution in [2.24, 2.45) is 5.41 Å². The molecule has 1 aliphatic heterocycles. The van der Waals surface area contributed by atoms with E-state index in [9.17, 15) is 14.7 Å². The van der Waals surface area contributed by atoms with Crippen LogP contribution in [0, 0.1) is 5.41 Å². The molecular formula is C34H41NO6Si. The van der Waals surface area contributed by atoms with Gasteiger partial charge in [0.05, 0.1) is 6.61 Å². The first-order valence-corrected chi connectivity index (χ1v) is 16.1. The summed E-state index contributed by atoms with van der Waals surface area (Å²) < 4.78 is 17.8. The first-order chi connectivity index (χ1) is 19.9. The summed E-state index contributed by atoms with van der Waals surface area (Å²) in [4.78, 5) is 28.5. The third-order valence-electron chi connectivity index (χ3n) is 8.04. The van der Waals surface area contributed by atoms with Gasteiger partial charge >= 0.3 is 11.9 Å². The first kappa shape index (κ1) is 31.2. The van der Waals surface area contributed by atoms with E-state index < -0.39 is 37.9 Å². The summed E-state index contributed by atoms with van der Waals surface area (Å²) in [5.74, 6) is -0.948. The topological polar surface area (TPSA) is 97.8 Å². The Hall–Kier alpha value is -3.72. The van der Waals surface area contributed by atoms with Gasteiger partial charge in [-0.2, -0.15) is 0 Å². The molecule has 0 bridgehead atoms. The maximum absolute atomic E-state index is 13.4. The van der Waals surface area contributed by atoms with Gasteiger partial charge in [-0.1, -0.05) is 100 Å². The number of esters is 2. The largest absolute Gasteiger partial charge is 0.457 e. The van der Waals surface area contributed by atoms with Crippen molar-refractivity contribution >= 4 is 30.6 Å². The predicted molar refractivity (Wildman–Crippen MR) is 166 cm³/mol. The summed E-state index contributed by atoms with van der Waals surface area (Å²) in [7, 11) is -2.93. The fourth-order valence-electron chi connectivity index (χ4n) is 5.55. The molecule has 2 heterocycles. The van der Waals surface area contributed by atoms with Crippen LogP contribution in [-0.2, 0) is 25.1 Å². The number of rotatable bonds is 11. The normalized spacial score (nSPS) is 21.2. The number of ether oxygens (including phenoxy) is 2. The molecule has 222 valence electrons. The van der Waals surface area contributed by atoms with E-state index in [0.29, 0.717) is 12.1 Å². The summed E-state index contributed by atoms with van der Waals surface area (Å²) in [6, 6.07) is 23.8. The van der Waals surface area contributed by atoms with E-state index in [0.717, 1.165) is 21.6 Å². The molecule has 3 aromatic rings. The summed E-state index contributed by atoms with van der Waals surface area (Å²) >= 11 is 0. The molecule has 42 heavy (non-hydrogen) atoms. The maximum Gasteiger partial charge on any atom is 0.355 e. The average molecular weight is 588 g/mol. The molecule has 0 aliphatic carbocycles. The molecule has 7 nitrogen and oxygen atoms in total. The minimum Gasteiger partial charge on any atom is -0.457 e. The summed E-state index contributed by atoms with van der Waals surface area (Å²) in [5.41, 5.74) is 0.589. The number of aromatic nitrogens is 1. The predicted octanol–water partition coefficient (Wildman–Crippen LogP) is 4.72. The Balaban J connectivity index is 1.56. The molecule has 8 heteroatoms. The van der Waals surface area contributed by atoms with Crippen LogP contribution in [0.3, 0.4) is 0 Å². The van der Waals surface area contributed by atoms with Crippen molar-refractivity contribution < 1.29 is 28.6 Å². The van der Waals surface area contributed by atoms with Crippen LogP contribution in [0.15, 0.2) is 97.1 Å². The van der Waals surface area contributed by atoms with E-state index in [4.69, 9.17) is 13.9 Å². The quantitative estimate of drug-likeness (QED) is 0.192. The minimum absolute atomic E-state index is 0.0108. The molecular weight excluding hydrogens is 546 g/mol. The van der Waals surface area contributed by atoms with E-state index in [1.54, 1.807) is 19.1 Å². The molecule has 1 aliphatic rings. The number of cyclic esters (lactones) is 1. The molecule has 1 saturated heterocycles. The second kappa shape index (κ2) is 12.6. The lowest BCUT2D eigenvalue weighted by molar-refractivity contribution is -0.149. The van der Waals surface area contributed by atoms with Crippen molar-refractivity contribution in [1.29, 1.82) is 0 Å². The lowest BCUT2D eigenvalue weighted by atomic mass is 9.83. The number of nitrogens with one attached hydrogen (secondary N) is 1. The van der Waals surface area contributed by atoms with E-state index in [2.05, 4.69) is 56.6 Å². The zero-order chi connectivity index (χ0) is 30.5. The number of hydrogen-bond acceptors (Lipinski definition) is 6. The van der Waals surface area contributed by atoms with E-state index in [-0.39, 0.29) is 18.3 Å². The van der Waals surface area contributed by atoms with Crippen molar-refractivity contribution in [2.45, 2.75) is 58.3 Å². The smallest absolute Gasteiger partial charge is 0.355 e. The SMILES string of the molecule is C=CCOC(=O)c1ccc(C/C=C(\C)C2OC(=O)[C@](C)(CO[Si](c3ccccc3)(c3ccccc3)C(C)(C)C)[C@H]2O)[nH]1. The molecule has 4 rings (SSSR count).